The molecule has 0 saturated heterocycles. The van der Waals surface area contributed by atoms with Crippen LogP contribution in [0.1, 0.15) is 39.7 Å². The highest BCUT2D eigenvalue weighted by atomic mass is 32.2. The molecule has 1 aliphatic rings. The Bertz CT molecular complexity index is 1530. The standard InChI is InChI=1S/C24H27N5O6S2/c1-13(2)9-10-29-23(31)19(21(30)20(27-29)17-6-5-11-36-17)22-26-16-8-7-15(25-24(32)35-14(3)4)12-18(16)37(33,34)28-22/h5-8,11-14,30H,9-10H2,1-4H3,(H,25,32)(H,26,28). The molecule has 0 atom stereocenters. The lowest BCUT2D eigenvalue weighted by atomic mass is 10.1. The van der Waals surface area contributed by atoms with E-state index in [0.717, 1.165) is 0 Å². The summed E-state index contributed by atoms with van der Waals surface area (Å²) in [6.07, 6.45) is -0.436. The number of amidine groups is 1. The van der Waals surface area contributed by atoms with Gasteiger partial charge < -0.3 is 15.2 Å². The van der Waals surface area contributed by atoms with Crippen molar-refractivity contribution in [2.45, 2.75) is 51.7 Å². The van der Waals surface area contributed by atoms with Gasteiger partial charge in [-0.25, -0.2) is 9.48 Å². The number of anilines is 2. The van der Waals surface area contributed by atoms with Gasteiger partial charge in [0.1, 0.15) is 16.2 Å². The fourth-order valence-corrected chi connectivity index (χ4v) is 5.45. The van der Waals surface area contributed by atoms with E-state index in [2.05, 4.69) is 20.1 Å². The van der Waals surface area contributed by atoms with Crippen LogP contribution in [0, 0.1) is 5.92 Å². The third-order valence-corrected chi connectivity index (χ3v) is 7.55. The lowest BCUT2D eigenvalue weighted by Gasteiger charge is -2.21. The number of rotatable bonds is 7. The molecule has 1 amide bonds. The first-order chi connectivity index (χ1) is 17.5. The number of fused-ring (bicyclic) bond motifs is 1. The van der Waals surface area contributed by atoms with E-state index in [4.69, 9.17) is 4.74 Å². The number of hydrogen-bond donors (Lipinski definition) is 3. The van der Waals surface area contributed by atoms with Crippen LogP contribution in [0.4, 0.5) is 16.2 Å². The number of carbonyl (C=O) groups excluding carboxylic acids is 1. The zero-order valence-corrected chi connectivity index (χ0v) is 22.3. The third kappa shape index (κ3) is 5.67. The van der Waals surface area contributed by atoms with E-state index < -0.39 is 27.4 Å². The largest absolute Gasteiger partial charge is 0.505 e. The maximum Gasteiger partial charge on any atom is 0.411 e. The van der Waals surface area contributed by atoms with Gasteiger partial charge in [0.2, 0.25) is 0 Å². The van der Waals surface area contributed by atoms with Crippen LogP contribution in [0.15, 0.2) is 49.8 Å². The Morgan fingerprint density at radius 1 is 1.24 bits per heavy atom. The van der Waals surface area contributed by atoms with Crippen molar-refractivity contribution in [3.63, 3.8) is 0 Å². The van der Waals surface area contributed by atoms with Crippen molar-refractivity contribution >= 4 is 44.7 Å². The van der Waals surface area contributed by atoms with Crippen molar-refractivity contribution in [1.82, 2.24) is 9.78 Å². The Morgan fingerprint density at radius 2 is 2.00 bits per heavy atom. The summed E-state index contributed by atoms with van der Waals surface area (Å²) >= 11 is 1.32. The van der Waals surface area contributed by atoms with Gasteiger partial charge in [0.05, 0.1) is 16.7 Å². The molecule has 3 N–H and O–H groups in total. The summed E-state index contributed by atoms with van der Waals surface area (Å²) < 4.78 is 36.3. The van der Waals surface area contributed by atoms with Gasteiger partial charge in [-0.05, 0) is 55.8 Å². The van der Waals surface area contributed by atoms with Crippen LogP contribution in [0.25, 0.3) is 10.6 Å². The molecule has 4 rings (SSSR count). The van der Waals surface area contributed by atoms with Crippen molar-refractivity contribution in [2.75, 3.05) is 10.6 Å². The molecule has 0 fully saturated rings. The molecule has 0 spiro atoms. The first-order valence-electron chi connectivity index (χ1n) is 11.6. The van der Waals surface area contributed by atoms with Crippen LogP contribution in [-0.4, -0.2) is 41.3 Å². The van der Waals surface area contributed by atoms with Gasteiger partial charge in [0.25, 0.3) is 15.6 Å². The molecule has 1 aromatic carbocycles. The van der Waals surface area contributed by atoms with Crippen molar-refractivity contribution < 1.29 is 23.1 Å². The molecule has 0 bridgehead atoms. The minimum atomic E-state index is -4.30. The Hall–Kier alpha value is -3.71. The van der Waals surface area contributed by atoms with Crippen LogP contribution in [0.2, 0.25) is 0 Å². The first kappa shape index (κ1) is 26.4. The fourth-order valence-electron chi connectivity index (χ4n) is 3.59. The quantitative estimate of drug-likeness (QED) is 0.399. The van der Waals surface area contributed by atoms with Crippen LogP contribution in [0.5, 0.6) is 5.75 Å². The molecular formula is C24H27N5O6S2. The molecule has 0 saturated carbocycles. The number of carbonyl (C=O) groups is 1. The lowest BCUT2D eigenvalue weighted by molar-refractivity contribution is 0.130. The van der Waals surface area contributed by atoms with Crippen molar-refractivity contribution in [3.8, 4) is 16.3 Å². The maximum atomic E-state index is 13.4. The Kier molecular flexibility index (Phi) is 7.37. The molecule has 2 aromatic heterocycles. The molecule has 0 radical (unpaired) electrons. The fraction of sp³-hybridized carbons (Fsp3) is 0.333. The van der Waals surface area contributed by atoms with E-state index in [1.807, 2.05) is 13.8 Å². The molecule has 13 heteroatoms. The number of aromatic hydroxyl groups is 1. The number of hydrogen-bond acceptors (Lipinski definition) is 9. The van der Waals surface area contributed by atoms with E-state index in [-0.39, 0.29) is 51.9 Å². The molecule has 1 aliphatic heterocycles. The highest BCUT2D eigenvalue weighted by molar-refractivity contribution is 7.90. The number of thiophene rings is 1. The smallest absolute Gasteiger partial charge is 0.411 e. The summed E-state index contributed by atoms with van der Waals surface area (Å²) in [6.45, 7) is 7.67. The average molecular weight is 546 g/mol. The molecule has 3 heterocycles. The van der Waals surface area contributed by atoms with Gasteiger partial charge in [0.15, 0.2) is 11.6 Å². The molecule has 3 aromatic rings. The molecular weight excluding hydrogens is 518 g/mol. The summed E-state index contributed by atoms with van der Waals surface area (Å²) in [5, 5.41) is 22.6. The minimum Gasteiger partial charge on any atom is -0.505 e. The number of ether oxygens (including phenoxy) is 1. The number of nitrogens with zero attached hydrogens (tertiary/aromatic N) is 3. The summed E-state index contributed by atoms with van der Waals surface area (Å²) in [5.74, 6) is -0.490. The minimum absolute atomic E-state index is 0.134. The maximum absolute atomic E-state index is 13.4. The summed E-state index contributed by atoms with van der Waals surface area (Å²) in [4.78, 5) is 25.7. The Morgan fingerprint density at radius 3 is 2.65 bits per heavy atom. The number of sulfonamides is 1. The van der Waals surface area contributed by atoms with Crippen molar-refractivity contribution in [1.29, 1.82) is 0 Å². The van der Waals surface area contributed by atoms with E-state index in [1.54, 1.807) is 31.4 Å². The van der Waals surface area contributed by atoms with E-state index in [1.165, 1.54) is 34.2 Å². The lowest BCUT2D eigenvalue weighted by Crippen LogP contribution is -2.34. The van der Waals surface area contributed by atoms with Crippen LogP contribution >= 0.6 is 11.3 Å². The highest BCUT2D eigenvalue weighted by Crippen LogP contribution is 2.35. The van der Waals surface area contributed by atoms with Crippen molar-refractivity contribution in [2.24, 2.45) is 10.3 Å². The summed E-state index contributed by atoms with van der Waals surface area (Å²) in [6, 6.07) is 7.68. The predicted molar refractivity (Wildman–Crippen MR) is 142 cm³/mol. The third-order valence-electron chi connectivity index (χ3n) is 5.35. The van der Waals surface area contributed by atoms with E-state index in [0.29, 0.717) is 11.3 Å². The topological polar surface area (TPSA) is 152 Å². The number of nitrogens with one attached hydrogen (secondary N) is 2. The molecule has 0 aliphatic carbocycles. The van der Waals surface area contributed by atoms with Gasteiger partial charge in [0, 0.05) is 12.2 Å². The first-order valence-corrected chi connectivity index (χ1v) is 13.9. The molecule has 37 heavy (non-hydrogen) atoms. The SMILES string of the molecule is CC(C)CCn1nc(-c2cccs2)c(O)c(C2=NS(=O)(=O)c3cc(NC(=O)OC(C)C)ccc3N2)c1=O. The second-order valence-electron chi connectivity index (χ2n) is 9.09. The van der Waals surface area contributed by atoms with Gasteiger partial charge in [-0.2, -0.15) is 13.5 Å². The predicted octanol–water partition coefficient (Wildman–Crippen LogP) is 4.24. The zero-order valence-electron chi connectivity index (χ0n) is 20.7. The summed E-state index contributed by atoms with van der Waals surface area (Å²) in [5.41, 5.74) is -0.479. The van der Waals surface area contributed by atoms with Crippen LogP contribution in [-0.2, 0) is 21.3 Å². The van der Waals surface area contributed by atoms with Gasteiger partial charge in [-0.1, -0.05) is 19.9 Å². The second kappa shape index (κ2) is 10.3. The number of benzene rings is 1. The molecule has 0 unspecified atom stereocenters. The number of aromatic nitrogens is 2. The monoisotopic (exact) mass is 545 g/mol. The zero-order chi connectivity index (χ0) is 26.9. The summed E-state index contributed by atoms with van der Waals surface area (Å²) in [7, 11) is -4.30. The number of amides is 1. The normalized spacial score (nSPS) is 14.2. The van der Waals surface area contributed by atoms with Crippen LogP contribution < -0.4 is 16.2 Å². The Labute approximate surface area is 217 Å². The highest BCUT2D eigenvalue weighted by Gasteiger charge is 2.31. The average Bonchev–Trinajstić information content (AvgIpc) is 3.33. The van der Waals surface area contributed by atoms with E-state index >= 15 is 0 Å². The van der Waals surface area contributed by atoms with Gasteiger partial charge >= 0.3 is 6.09 Å². The number of aryl methyl sites for hydroxylation is 1. The van der Waals surface area contributed by atoms with Gasteiger partial charge in [-0.15, -0.1) is 15.7 Å². The van der Waals surface area contributed by atoms with E-state index in [9.17, 15) is 23.1 Å². The molecule has 11 nitrogen and oxygen atoms in total. The Balaban J connectivity index is 1.79. The van der Waals surface area contributed by atoms with Crippen LogP contribution in [0.3, 0.4) is 0 Å². The molecule has 196 valence electrons. The van der Waals surface area contributed by atoms with Crippen molar-refractivity contribution in [3.05, 3.63) is 51.6 Å². The second-order valence-corrected chi connectivity index (χ2v) is 11.6. The van der Waals surface area contributed by atoms with Gasteiger partial charge in [-0.3, -0.25) is 10.1 Å².